The molecule has 0 spiro atoms. The van der Waals surface area contributed by atoms with Crippen LogP contribution in [0.1, 0.15) is 48.2 Å². The minimum Gasteiger partial charge on any atom is -0.495 e. The fraction of sp³-hybridized carbons (Fsp3) is 0.371. The average molecular weight is 633 g/mol. The Kier molecular flexibility index (Phi) is 11.4. The third-order valence-corrected chi connectivity index (χ3v) is 9.34. The Balaban J connectivity index is 1.54. The maximum absolute atomic E-state index is 13.8. The molecule has 3 aromatic carbocycles. The normalized spacial score (nSPS) is 17.4. The highest BCUT2D eigenvalue weighted by molar-refractivity contribution is 7.92. The van der Waals surface area contributed by atoms with Crippen molar-refractivity contribution in [3.63, 3.8) is 0 Å². The molecule has 1 aliphatic rings. The quantitative estimate of drug-likeness (QED) is 0.215. The smallest absolute Gasteiger partial charge is 0.251 e. The lowest BCUT2D eigenvalue weighted by Crippen LogP contribution is -2.49. The summed E-state index contributed by atoms with van der Waals surface area (Å²) < 4.78 is 31.3. The topological polar surface area (TPSA) is 117 Å². The molecule has 0 aliphatic heterocycles. The second-order valence-corrected chi connectivity index (χ2v) is 13.7. The van der Waals surface area contributed by atoms with Gasteiger partial charge in [-0.25, -0.2) is 8.42 Å². The summed E-state index contributed by atoms with van der Waals surface area (Å²) in [6, 6.07) is 21.3. The number of amides is 2. The van der Waals surface area contributed by atoms with Crippen molar-refractivity contribution < 1.29 is 22.7 Å². The number of ether oxygens (including phenoxy) is 1. The highest BCUT2D eigenvalue weighted by Crippen LogP contribution is 2.39. The van der Waals surface area contributed by atoms with Crippen molar-refractivity contribution in [3.8, 4) is 5.75 Å². The summed E-state index contributed by atoms with van der Waals surface area (Å²) in [6.07, 6.45) is 7.39. The molecule has 1 fully saturated rings. The fourth-order valence-corrected chi connectivity index (χ4v) is 5.59. The summed E-state index contributed by atoms with van der Waals surface area (Å²) in [5, 5.41) is 9.42. The van der Waals surface area contributed by atoms with Crippen LogP contribution in [0.2, 0.25) is 0 Å². The van der Waals surface area contributed by atoms with Gasteiger partial charge in [-0.2, -0.15) is 0 Å². The van der Waals surface area contributed by atoms with Crippen LogP contribution < -0.4 is 25.0 Å². The molecule has 1 aliphatic carbocycles. The van der Waals surface area contributed by atoms with Gasteiger partial charge < -0.3 is 20.7 Å². The van der Waals surface area contributed by atoms with Crippen LogP contribution in [0.5, 0.6) is 5.75 Å². The van der Waals surface area contributed by atoms with E-state index < -0.39 is 16.1 Å². The lowest BCUT2D eigenvalue weighted by molar-refractivity contribution is -0.118. The maximum Gasteiger partial charge on any atom is 0.251 e. The number of para-hydroxylation sites is 2. The van der Waals surface area contributed by atoms with Crippen LogP contribution in [-0.4, -0.2) is 59.3 Å². The summed E-state index contributed by atoms with van der Waals surface area (Å²) in [6.45, 7) is 4.44. The van der Waals surface area contributed by atoms with Crippen molar-refractivity contribution >= 4 is 39.3 Å². The molecule has 4 rings (SSSR count). The number of sulfonamides is 1. The minimum atomic E-state index is -3.54. The van der Waals surface area contributed by atoms with Gasteiger partial charge in [-0.3, -0.25) is 13.9 Å². The van der Waals surface area contributed by atoms with E-state index in [4.69, 9.17) is 4.74 Å². The third-order valence-electron chi connectivity index (χ3n) is 8.13. The molecular weight excluding hydrogens is 588 g/mol. The monoisotopic (exact) mass is 632 g/mol. The Morgan fingerprint density at radius 2 is 1.76 bits per heavy atom. The summed E-state index contributed by atoms with van der Waals surface area (Å²) in [7, 11) is -0.508. The van der Waals surface area contributed by atoms with E-state index in [2.05, 4.69) is 29.0 Å². The van der Waals surface area contributed by atoms with Gasteiger partial charge in [-0.1, -0.05) is 68.5 Å². The second-order valence-electron chi connectivity index (χ2n) is 11.7. The predicted molar refractivity (Wildman–Crippen MR) is 181 cm³/mol. The molecule has 240 valence electrons. The van der Waals surface area contributed by atoms with Crippen molar-refractivity contribution in [1.29, 1.82) is 0 Å². The Labute approximate surface area is 267 Å². The molecule has 9 nitrogen and oxygen atoms in total. The van der Waals surface area contributed by atoms with E-state index in [0.717, 1.165) is 23.8 Å². The van der Waals surface area contributed by atoms with Gasteiger partial charge in [0.25, 0.3) is 5.91 Å². The van der Waals surface area contributed by atoms with E-state index in [9.17, 15) is 18.0 Å². The Morgan fingerprint density at radius 1 is 1.07 bits per heavy atom. The zero-order valence-electron chi connectivity index (χ0n) is 26.6. The Morgan fingerprint density at radius 3 is 2.40 bits per heavy atom. The van der Waals surface area contributed by atoms with E-state index in [1.807, 2.05) is 55.5 Å². The van der Waals surface area contributed by atoms with E-state index in [0.29, 0.717) is 53.9 Å². The predicted octanol–water partition coefficient (Wildman–Crippen LogP) is 5.11. The van der Waals surface area contributed by atoms with Crippen LogP contribution >= 0.6 is 0 Å². The van der Waals surface area contributed by atoms with E-state index in [-0.39, 0.29) is 17.9 Å². The number of allylic oxidation sites excluding steroid dienone is 1. The van der Waals surface area contributed by atoms with Crippen LogP contribution in [0.25, 0.3) is 6.08 Å². The van der Waals surface area contributed by atoms with Crippen molar-refractivity contribution in [2.75, 3.05) is 36.6 Å². The van der Waals surface area contributed by atoms with Gasteiger partial charge in [-0.15, -0.1) is 0 Å². The molecule has 3 aromatic rings. The van der Waals surface area contributed by atoms with E-state index in [1.54, 1.807) is 37.4 Å². The first kappa shape index (κ1) is 33.7. The van der Waals surface area contributed by atoms with Crippen LogP contribution in [0.4, 0.5) is 11.4 Å². The molecule has 10 heteroatoms. The lowest BCUT2D eigenvalue weighted by Gasteiger charge is -2.24. The minimum absolute atomic E-state index is 0.204. The highest BCUT2D eigenvalue weighted by Gasteiger charge is 2.29. The third kappa shape index (κ3) is 9.67. The molecule has 0 radical (unpaired) electrons. The molecule has 0 bridgehead atoms. The van der Waals surface area contributed by atoms with E-state index in [1.165, 1.54) is 11.4 Å². The fourth-order valence-electron chi connectivity index (χ4n) is 5.11. The number of hydrogen-bond acceptors (Lipinski definition) is 6. The first-order valence-electron chi connectivity index (χ1n) is 15.3. The van der Waals surface area contributed by atoms with Crippen molar-refractivity contribution in [2.45, 2.75) is 45.2 Å². The van der Waals surface area contributed by atoms with Crippen LogP contribution in [0.15, 0.2) is 78.9 Å². The van der Waals surface area contributed by atoms with Crippen molar-refractivity contribution in [2.24, 2.45) is 11.8 Å². The van der Waals surface area contributed by atoms with E-state index >= 15 is 0 Å². The van der Waals surface area contributed by atoms with Gasteiger partial charge in [0.05, 0.1) is 30.8 Å². The van der Waals surface area contributed by atoms with Crippen molar-refractivity contribution in [1.82, 2.24) is 10.6 Å². The van der Waals surface area contributed by atoms with Gasteiger partial charge in [0, 0.05) is 25.2 Å². The summed E-state index contributed by atoms with van der Waals surface area (Å²) in [4.78, 5) is 27.0. The average Bonchev–Trinajstić information content (AvgIpc) is 3.74. The molecule has 2 amide bonds. The number of methoxy groups -OCH3 is 1. The number of nitrogens with one attached hydrogen (secondary N) is 3. The number of benzene rings is 3. The van der Waals surface area contributed by atoms with Crippen LogP contribution in [0.3, 0.4) is 0 Å². The van der Waals surface area contributed by atoms with Crippen LogP contribution in [0, 0.1) is 11.8 Å². The van der Waals surface area contributed by atoms with Gasteiger partial charge >= 0.3 is 0 Å². The number of hydrogen-bond donors (Lipinski definition) is 3. The van der Waals surface area contributed by atoms with Gasteiger partial charge in [-0.05, 0) is 72.6 Å². The molecule has 45 heavy (non-hydrogen) atoms. The zero-order valence-corrected chi connectivity index (χ0v) is 27.4. The van der Waals surface area contributed by atoms with Gasteiger partial charge in [0.15, 0.2) is 0 Å². The molecule has 0 heterocycles. The first-order valence-corrected chi connectivity index (χ1v) is 17.1. The number of rotatable bonds is 15. The van der Waals surface area contributed by atoms with Crippen molar-refractivity contribution in [3.05, 3.63) is 95.6 Å². The molecule has 0 unspecified atom stereocenters. The highest BCUT2D eigenvalue weighted by atomic mass is 32.2. The molecule has 1 saturated carbocycles. The standard InChI is InChI=1S/C35H44N4O5S/c1-6-31(35(41)38-32-14-10-11-15-33(32)44-4)36-23-29(20-25-12-8-7-9-13-25)37-34(40)28-19-26(16-17-27-18-24(27)2)21-30(22-28)39(3)45(5,42)43/h7-17,19,21-22,24,27,29,31,36H,6,18,20,23H2,1-5H3,(H,37,40)(H,38,41)/t24-,27-,29-,31-/m0/s1. The molecular formula is C35H44N4O5S. The Bertz CT molecular complexity index is 1610. The maximum atomic E-state index is 13.8. The van der Waals surface area contributed by atoms with Gasteiger partial charge in [0.2, 0.25) is 15.9 Å². The lowest BCUT2D eigenvalue weighted by atomic mass is 10.0. The number of anilines is 2. The summed E-state index contributed by atoms with van der Waals surface area (Å²) in [5.41, 5.74) is 3.13. The molecule has 0 aromatic heterocycles. The largest absolute Gasteiger partial charge is 0.495 e. The van der Waals surface area contributed by atoms with Crippen LogP contribution in [-0.2, 0) is 21.2 Å². The molecule has 0 saturated heterocycles. The van der Waals surface area contributed by atoms with Gasteiger partial charge in [0.1, 0.15) is 5.75 Å². The second kappa shape index (κ2) is 15.2. The first-order chi connectivity index (χ1) is 21.5. The number of carbonyl (C=O) groups is 2. The summed E-state index contributed by atoms with van der Waals surface area (Å²) >= 11 is 0. The SMILES string of the molecule is CC[C@H](NC[C@H](Cc1ccccc1)NC(=O)c1cc(C=C[C@H]2C[C@@H]2C)cc(N(C)S(C)(=O)=O)c1)C(=O)Nc1ccccc1OC. The zero-order chi connectivity index (χ0) is 32.6. The number of carbonyl (C=O) groups excluding carboxylic acids is 2. The number of nitrogens with zero attached hydrogens (tertiary/aromatic N) is 1. The molecule has 3 N–H and O–H groups in total. The summed E-state index contributed by atoms with van der Waals surface area (Å²) in [5.74, 6) is 1.15. The Hall–Kier alpha value is -4.15. The molecule has 4 atom stereocenters.